The highest BCUT2D eigenvalue weighted by Gasteiger charge is 2.51. The molecule has 8 aromatic carbocycles. The smallest absolute Gasteiger partial charge is 0.132 e. The van der Waals surface area contributed by atoms with Gasteiger partial charge in [0.1, 0.15) is 11.5 Å². The van der Waals surface area contributed by atoms with Crippen molar-refractivity contribution in [3.63, 3.8) is 0 Å². The summed E-state index contributed by atoms with van der Waals surface area (Å²) < 4.78 is 6.63. The van der Waals surface area contributed by atoms with Crippen molar-refractivity contribution < 1.29 is 4.74 Å². The maximum Gasteiger partial charge on any atom is 0.132 e. The summed E-state index contributed by atoms with van der Waals surface area (Å²) in [4.78, 5) is 2.56. The van der Waals surface area contributed by atoms with Gasteiger partial charge in [-0.1, -0.05) is 173 Å². The lowest BCUT2D eigenvalue weighted by molar-refractivity contribution is 0.436. The lowest BCUT2D eigenvalue weighted by Crippen LogP contribution is -2.32. The van der Waals surface area contributed by atoms with Crippen LogP contribution >= 0.6 is 0 Å². The summed E-state index contributed by atoms with van der Waals surface area (Å²) in [5.41, 5.74) is 24.3. The first kappa shape index (κ1) is 36.5. The van der Waals surface area contributed by atoms with E-state index in [1.165, 1.54) is 106 Å². The van der Waals surface area contributed by atoms with Crippen LogP contribution in [0.4, 0.5) is 11.4 Å². The van der Waals surface area contributed by atoms with E-state index in [1.807, 2.05) is 0 Å². The summed E-state index contributed by atoms with van der Waals surface area (Å²) in [6.07, 6.45) is 6.66. The Balaban J connectivity index is 0.977. The highest BCUT2D eigenvalue weighted by atomic mass is 16.5. The number of hydrogen-bond donors (Lipinski definition) is 0. The Kier molecular flexibility index (Phi) is 7.49. The molecular weight excluding hydrogens is 763 g/mol. The number of allylic oxidation sites excluding steroid dienone is 4. The van der Waals surface area contributed by atoms with Gasteiger partial charge in [-0.2, -0.15) is 0 Å². The Morgan fingerprint density at radius 2 is 0.841 bits per heavy atom. The van der Waals surface area contributed by atoms with Gasteiger partial charge in [-0.3, -0.25) is 0 Å². The van der Waals surface area contributed by atoms with E-state index in [0.29, 0.717) is 0 Å². The molecule has 0 saturated heterocycles. The molecule has 0 unspecified atom stereocenters. The first-order chi connectivity index (χ1) is 30.8. The second-order valence-electron chi connectivity index (χ2n) is 19.1. The lowest BCUT2D eigenvalue weighted by Gasteiger charge is -2.39. The van der Waals surface area contributed by atoms with Crippen molar-refractivity contribution in [2.75, 3.05) is 4.90 Å². The fourth-order valence-corrected chi connectivity index (χ4v) is 12.4. The van der Waals surface area contributed by atoms with Gasteiger partial charge >= 0.3 is 0 Å². The Morgan fingerprint density at radius 3 is 1.40 bits per heavy atom. The summed E-state index contributed by atoms with van der Waals surface area (Å²) in [6, 6.07) is 65.7. The van der Waals surface area contributed by atoms with Crippen LogP contribution in [0.3, 0.4) is 0 Å². The van der Waals surface area contributed by atoms with Crippen LogP contribution in [-0.2, 0) is 16.2 Å². The number of fused-ring (bicyclic) bond motifs is 15. The number of rotatable bonds is 4. The van der Waals surface area contributed by atoms with Crippen molar-refractivity contribution >= 4 is 16.9 Å². The second kappa shape index (κ2) is 12.9. The molecule has 302 valence electrons. The summed E-state index contributed by atoms with van der Waals surface area (Å²) in [5, 5.41) is 0. The molecule has 13 rings (SSSR count). The van der Waals surface area contributed by atoms with Gasteiger partial charge in [0, 0.05) is 39.0 Å². The molecule has 5 aliphatic rings. The zero-order valence-electron chi connectivity index (χ0n) is 36.2. The third-order valence-corrected chi connectivity index (χ3v) is 15.3. The van der Waals surface area contributed by atoms with E-state index in [4.69, 9.17) is 4.74 Å². The van der Waals surface area contributed by atoms with Gasteiger partial charge in [-0.25, -0.2) is 0 Å². The molecule has 1 heterocycles. The average Bonchev–Trinajstić information content (AvgIpc) is 3.84. The SMILES string of the molecule is CC1(C)c2ccccc2-c2ccc(N(C3=CC=C(c4cccc5c4-c4ccccc4C54c5ccccc5Oc5ccccc54)CC3)c3ccc4c(c3)C(C)(C)c3ccccc3-4)cc21. The molecule has 0 radical (unpaired) electrons. The molecular formula is C61H47NO. The van der Waals surface area contributed by atoms with Crippen molar-refractivity contribution in [1.82, 2.24) is 0 Å². The molecule has 1 aliphatic heterocycles. The maximum atomic E-state index is 6.63. The maximum absolute atomic E-state index is 6.63. The molecule has 2 nitrogen and oxygen atoms in total. The van der Waals surface area contributed by atoms with E-state index in [2.05, 4.69) is 221 Å². The predicted octanol–water partition coefficient (Wildman–Crippen LogP) is 15.7. The summed E-state index contributed by atoms with van der Waals surface area (Å²) in [6.45, 7) is 9.53. The molecule has 0 saturated carbocycles. The van der Waals surface area contributed by atoms with Crippen LogP contribution in [0.1, 0.15) is 90.6 Å². The normalized spacial score (nSPS) is 16.8. The van der Waals surface area contributed by atoms with E-state index in [9.17, 15) is 0 Å². The molecule has 1 spiro atoms. The molecule has 4 aliphatic carbocycles. The van der Waals surface area contributed by atoms with E-state index in [1.54, 1.807) is 0 Å². The molecule has 0 fully saturated rings. The largest absolute Gasteiger partial charge is 0.457 e. The number of anilines is 2. The van der Waals surface area contributed by atoms with Crippen molar-refractivity contribution in [3.05, 3.63) is 244 Å². The molecule has 0 bridgehead atoms. The zero-order chi connectivity index (χ0) is 42.2. The number of benzene rings is 8. The minimum atomic E-state index is -0.484. The van der Waals surface area contributed by atoms with E-state index >= 15 is 0 Å². The topological polar surface area (TPSA) is 12.5 Å². The van der Waals surface area contributed by atoms with Crippen LogP contribution in [0.15, 0.2) is 194 Å². The van der Waals surface area contributed by atoms with Crippen molar-refractivity contribution in [1.29, 1.82) is 0 Å². The fraction of sp³-hybridized carbons (Fsp3) is 0.148. The van der Waals surface area contributed by atoms with Crippen molar-refractivity contribution in [2.24, 2.45) is 0 Å². The van der Waals surface area contributed by atoms with Gasteiger partial charge in [0.15, 0.2) is 0 Å². The number of nitrogens with zero attached hydrogens (tertiary/aromatic N) is 1. The van der Waals surface area contributed by atoms with Crippen LogP contribution in [0.2, 0.25) is 0 Å². The van der Waals surface area contributed by atoms with Crippen LogP contribution in [0.5, 0.6) is 11.5 Å². The summed E-state index contributed by atoms with van der Waals surface area (Å²) in [7, 11) is 0. The summed E-state index contributed by atoms with van der Waals surface area (Å²) in [5.74, 6) is 1.85. The van der Waals surface area contributed by atoms with Gasteiger partial charge in [0.2, 0.25) is 0 Å². The Morgan fingerprint density at radius 1 is 0.381 bits per heavy atom. The molecule has 2 heteroatoms. The van der Waals surface area contributed by atoms with Gasteiger partial charge < -0.3 is 9.64 Å². The van der Waals surface area contributed by atoms with Gasteiger partial charge in [-0.15, -0.1) is 0 Å². The Labute approximate surface area is 370 Å². The number of hydrogen-bond acceptors (Lipinski definition) is 2. The van der Waals surface area contributed by atoms with Crippen LogP contribution in [-0.4, -0.2) is 0 Å². The first-order valence-corrected chi connectivity index (χ1v) is 22.6. The second-order valence-corrected chi connectivity index (χ2v) is 19.1. The Hall–Kier alpha value is -7.16. The molecule has 63 heavy (non-hydrogen) atoms. The molecule has 8 aromatic rings. The molecule has 0 atom stereocenters. The number of ether oxygens (including phenoxy) is 1. The monoisotopic (exact) mass is 809 g/mol. The van der Waals surface area contributed by atoms with Crippen LogP contribution in [0, 0.1) is 0 Å². The van der Waals surface area contributed by atoms with Crippen LogP contribution < -0.4 is 9.64 Å². The fourth-order valence-electron chi connectivity index (χ4n) is 12.4. The van der Waals surface area contributed by atoms with E-state index in [-0.39, 0.29) is 10.8 Å². The van der Waals surface area contributed by atoms with Crippen molar-refractivity contribution in [2.45, 2.75) is 56.8 Å². The minimum absolute atomic E-state index is 0.101. The standard InChI is InChI=1S/C61H47NO/c1-59(2)48-20-8-5-16-43(48)45-34-32-40(36-54(45)59)62(41-33-35-46-44-17-6-9-21-49(44)60(3,4)55(46)37-41)39-30-28-38(29-31-39)42-19-15-25-53-58(42)47-18-7-10-22-50(47)61(53)51-23-11-13-26-56(51)63-57-27-14-12-24-52(57)61/h5-28,30,32-37H,29,31H2,1-4H3. The van der Waals surface area contributed by atoms with Gasteiger partial charge in [-0.05, 0) is 133 Å². The zero-order valence-corrected chi connectivity index (χ0v) is 36.2. The summed E-state index contributed by atoms with van der Waals surface area (Å²) >= 11 is 0. The third-order valence-electron chi connectivity index (χ3n) is 15.3. The first-order valence-electron chi connectivity index (χ1n) is 22.6. The quantitative estimate of drug-likeness (QED) is 0.176. The van der Waals surface area contributed by atoms with E-state index in [0.717, 1.165) is 24.3 Å². The minimum Gasteiger partial charge on any atom is -0.457 e. The average molecular weight is 810 g/mol. The lowest BCUT2D eigenvalue weighted by atomic mass is 9.66. The predicted molar refractivity (Wildman–Crippen MR) is 259 cm³/mol. The van der Waals surface area contributed by atoms with E-state index < -0.39 is 5.41 Å². The highest BCUT2D eigenvalue weighted by molar-refractivity contribution is 5.95. The van der Waals surface area contributed by atoms with Gasteiger partial charge in [0.05, 0.1) is 5.41 Å². The van der Waals surface area contributed by atoms with Crippen LogP contribution in [0.25, 0.3) is 39.0 Å². The highest BCUT2D eigenvalue weighted by Crippen LogP contribution is 2.63. The number of para-hydroxylation sites is 2. The van der Waals surface area contributed by atoms with Crippen molar-refractivity contribution in [3.8, 4) is 44.9 Å². The van der Waals surface area contributed by atoms with Gasteiger partial charge in [0.25, 0.3) is 0 Å². The molecule has 0 amide bonds. The molecule has 0 aromatic heterocycles. The third kappa shape index (κ3) is 4.84. The Bertz CT molecular complexity index is 3190. The molecule has 0 N–H and O–H groups in total.